The monoisotopic (exact) mass is 181 g/mol. The first-order chi connectivity index (χ1) is 6.25. The van der Waals surface area contributed by atoms with E-state index in [1.807, 2.05) is 0 Å². The summed E-state index contributed by atoms with van der Waals surface area (Å²) in [6, 6.07) is 6.28. The number of hydrogen-bond donors (Lipinski definition) is 2. The van der Waals surface area contributed by atoms with Gasteiger partial charge in [-0.05, 0) is 19.1 Å². The first-order valence-electron chi connectivity index (χ1n) is 3.95. The van der Waals surface area contributed by atoms with Crippen LogP contribution < -0.4 is 5.48 Å². The molecule has 0 spiro atoms. The van der Waals surface area contributed by atoms with E-state index in [-0.39, 0.29) is 11.3 Å². The van der Waals surface area contributed by atoms with Crippen molar-refractivity contribution in [3.63, 3.8) is 0 Å². The Balaban J connectivity index is 2.71. The van der Waals surface area contributed by atoms with E-state index in [1.165, 1.54) is 12.1 Å². The summed E-state index contributed by atoms with van der Waals surface area (Å²) in [6.07, 6.45) is 0. The van der Waals surface area contributed by atoms with Crippen LogP contribution in [0.3, 0.4) is 0 Å². The van der Waals surface area contributed by atoms with Crippen molar-refractivity contribution in [1.82, 2.24) is 5.48 Å². The molecule has 70 valence electrons. The van der Waals surface area contributed by atoms with Crippen molar-refractivity contribution < 1.29 is 14.7 Å². The van der Waals surface area contributed by atoms with Gasteiger partial charge in [-0.25, -0.2) is 5.48 Å². The van der Waals surface area contributed by atoms with Gasteiger partial charge < -0.3 is 5.11 Å². The van der Waals surface area contributed by atoms with Gasteiger partial charge in [-0.3, -0.25) is 9.63 Å². The average Bonchev–Trinajstić information content (AvgIpc) is 2.15. The third-order valence-electron chi connectivity index (χ3n) is 1.46. The molecule has 1 aromatic carbocycles. The Morgan fingerprint density at radius 2 is 2.23 bits per heavy atom. The molecule has 4 heteroatoms. The number of para-hydroxylation sites is 1. The average molecular weight is 181 g/mol. The lowest BCUT2D eigenvalue weighted by Gasteiger charge is -2.04. The van der Waals surface area contributed by atoms with E-state index >= 15 is 0 Å². The van der Waals surface area contributed by atoms with Crippen LogP contribution in [0.25, 0.3) is 0 Å². The topological polar surface area (TPSA) is 58.6 Å². The Morgan fingerprint density at radius 3 is 2.85 bits per heavy atom. The van der Waals surface area contributed by atoms with Gasteiger partial charge >= 0.3 is 0 Å². The van der Waals surface area contributed by atoms with Crippen molar-refractivity contribution in [2.75, 3.05) is 6.61 Å². The number of hydroxylamine groups is 1. The smallest absolute Gasteiger partial charge is 0.278 e. The molecule has 13 heavy (non-hydrogen) atoms. The summed E-state index contributed by atoms with van der Waals surface area (Å²) in [6.45, 7) is 2.14. The summed E-state index contributed by atoms with van der Waals surface area (Å²) in [7, 11) is 0. The molecule has 0 radical (unpaired) electrons. The summed E-state index contributed by atoms with van der Waals surface area (Å²) in [4.78, 5) is 15.9. The molecule has 0 saturated carbocycles. The summed E-state index contributed by atoms with van der Waals surface area (Å²) in [5, 5.41) is 9.26. The molecule has 0 bridgehead atoms. The first kappa shape index (κ1) is 9.54. The van der Waals surface area contributed by atoms with Gasteiger partial charge in [-0.15, -0.1) is 0 Å². The molecule has 0 unspecified atom stereocenters. The predicted octanol–water partition coefficient (Wildman–Crippen LogP) is 1.07. The number of benzene rings is 1. The Labute approximate surface area is 76.1 Å². The van der Waals surface area contributed by atoms with E-state index < -0.39 is 5.91 Å². The number of nitrogens with one attached hydrogen (secondary N) is 1. The van der Waals surface area contributed by atoms with Crippen LogP contribution in [0, 0.1) is 0 Å². The molecule has 0 aliphatic carbocycles. The third kappa shape index (κ3) is 2.45. The Kier molecular flexibility index (Phi) is 3.28. The molecule has 0 fully saturated rings. The zero-order valence-electron chi connectivity index (χ0n) is 7.28. The molecule has 0 aliphatic rings. The number of rotatable bonds is 3. The molecule has 4 nitrogen and oxygen atoms in total. The van der Waals surface area contributed by atoms with Crippen LogP contribution in [-0.2, 0) is 4.84 Å². The molecule has 0 heterocycles. The largest absolute Gasteiger partial charge is 0.507 e. The van der Waals surface area contributed by atoms with E-state index in [0.717, 1.165) is 0 Å². The van der Waals surface area contributed by atoms with Gasteiger partial charge in [0.2, 0.25) is 0 Å². The van der Waals surface area contributed by atoms with Crippen LogP contribution in [0.2, 0.25) is 0 Å². The number of carbonyl (C=O) groups is 1. The molecule has 0 atom stereocenters. The van der Waals surface area contributed by atoms with Gasteiger partial charge in [0, 0.05) is 0 Å². The Hall–Kier alpha value is -1.55. The van der Waals surface area contributed by atoms with Crippen molar-refractivity contribution in [1.29, 1.82) is 0 Å². The molecule has 0 saturated heterocycles. The second-order valence-electron chi connectivity index (χ2n) is 2.38. The summed E-state index contributed by atoms with van der Waals surface area (Å²) in [5.74, 6) is -0.500. The molecule has 1 rings (SSSR count). The number of amides is 1. The lowest BCUT2D eigenvalue weighted by atomic mass is 10.2. The minimum atomic E-state index is -0.444. The maximum atomic E-state index is 11.2. The number of hydrogen-bond acceptors (Lipinski definition) is 3. The van der Waals surface area contributed by atoms with Crippen molar-refractivity contribution in [2.24, 2.45) is 0 Å². The maximum Gasteiger partial charge on any atom is 0.278 e. The lowest BCUT2D eigenvalue weighted by Crippen LogP contribution is -2.23. The SMILES string of the molecule is CCONC(=O)c1ccccc1O. The molecule has 2 N–H and O–H groups in total. The van der Waals surface area contributed by atoms with Crippen molar-refractivity contribution >= 4 is 5.91 Å². The third-order valence-corrected chi connectivity index (χ3v) is 1.46. The molecular weight excluding hydrogens is 170 g/mol. The summed E-state index contributed by atoms with van der Waals surface area (Å²) in [5.41, 5.74) is 2.40. The fraction of sp³-hybridized carbons (Fsp3) is 0.222. The second-order valence-corrected chi connectivity index (χ2v) is 2.38. The number of phenolic OH excluding ortho intramolecular Hbond substituents is 1. The molecule has 1 aromatic rings. The van der Waals surface area contributed by atoms with Crippen LogP contribution in [0.1, 0.15) is 17.3 Å². The van der Waals surface area contributed by atoms with E-state index in [4.69, 9.17) is 4.84 Å². The van der Waals surface area contributed by atoms with Crippen molar-refractivity contribution in [2.45, 2.75) is 6.92 Å². The molecule has 1 amide bonds. The van der Waals surface area contributed by atoms with E-state index in [1.54, 1.807) is 19.1 Å². The quantitative estimate of drug-likeness (QED) is 0.686. The van der Waals surface area contributed by atoms with E-state index in [9.17, 15) is 9.90 Å². The van der Waals surface area contributed by atoms with Gasteiger partial charge in [0.1, 0.15) is 5.75 Å². The molecule has 0 aliphatic heterocycles. The molecular formula is C9H11NO3. The maximum absolute atomic E-state index is 11.2. The first-order valence-corrected chi connectivity index (χ1v) is 3.95. The second kappa shape index (κ2) is 4.47. The van der Waals surface area contributed by atoms with Crippen LogP contribution in [0.15, 0.2) is 24.3 Å². The zero-order chi connectivity index (χ0) is 9.68. The van der Waals surface area contributed by atoms with Gasteiger partial charge in [0.05, 0.1) is 12.2 Å². The van der Waals surface area contributed by atoms with Gasteiger partial charge in [0.25, 0.3) is 5.91 Å². The lowest BCUT2D eigenvalue weighted by molar-refractivity contribution is 0.0362. The van der Waals surface area contributed by atoms with Crippen LogP contribution >= 0.6 is 0 Å². The van der Waals surface area contributed by atoms with Gasteiger partial charge in [-0.1, -0.05) is 12.1 Å². The highest BCUT2D eigenvalue weighted by atomic mass is 16.6. The highest BCUT2D eigenvalue weighted by Gasteiger charge is 2.08. The zero-order valence-corrected chi connectivity index (χ0v) is 7.28. The van der Waals surface area contributed by atoms with E-state index in [0.29, 0.717) is 6.61 Å². The Morgan fingerprint density at radius 1 is 1.54 bits per heavy atom. The predicted molar refractivity (Wildman–Crippen MR) is 47.2 cm³/mol. The number of carbonyl (C=O) groups excluding carboxylic acids is 1. The fourth-order valence-corrected chi connectivity index (χ4v) is 0.858. The molecule has 0 aromatic heterocycles. The highest BCUT2D eigenvalue weighted by molar-refractivity contribution is 5.96. The van der Waals surface area contributed by atoms with Gasteiger partial charge in [0.15, 0.2) is 0 Å². The number of aromatic hydroxyl groups is 1. The standard InChI is InChI=1S/C9H11NO3/c1-2-13-10-9(12)7-5-3-4-6-8(7)11/h3-6,11H,2H2,1H3,(H,10,12). The summed E-state index contributed by atoms with van der Waals surface area (Å²) < 4.78 is 0. The van der Waals surface area contributed by atoms with Gasteiger partial charge in [-0.2, -0.15) is 0 Å². The van der Waals surface area contributed by atoms with Crippen molar-refractivity contribution in [3.8, 4) is 5.75 Å². The van der Waals surface area contributed by atoms with Crippen LogP contribution in [-0.4, -0.2) is 17.6 Å². The summed E-state index contributed by atoms with van der Waals surface area (Å²) >= 11 is 0. The number of phenols is 1. The highest BCUT2D eigenvalue weighted by Crippen LogP contribution is 2.14. The van der Waals surface area contributed by atoms with E-state index in [2.05, 4.69) is 5.48 Å². The van der Waals surface area contributed by atoms with Crippen molar-refractivity contribution in [3.05, 3.63) is 29.8 Å². The minimum absolute atomic E-state index is 0.0558. The Bertz CT molecular complexity index is 299. The minimum Gasteiger partial charge on any atom is -0.507 e. The fourth-order valence-electron chi connectivity index (χ4n) is 0.858. The normalized spacial score (nSPS) is 9.62. The van der Waals surface area contributed by atoms with Crippen LogP contribution in [0.4, 0.5) is 0 Å². The van der Waals surface area contributed by atoms with Crippen LogP contribution in [0.5, 0.6) is 5.75 Å².